The maximum atomic E-state index is 10.8. The standard InChI is InChI=1S/C10H9BrN4O/c11-8-4-15-7(5-16)3-12-10(15)9(14-8)13-6-1-2-6/h3-6H,1-2H2,(H,13,14). The summed E-state index contributed by atoms with van der Waals surface area (Å²) in [5, 5.41) is 3.30. The first-order valence-corrected chi connectivity index (χ1v) is 5.82. The quantitative estimate of drug-likeness (QED) is 0.873. The van der Waals surface area contributed by atoms with Gasteiger partial charge in [0, 0.05) is 12.2 Å². The lowest BCUT2D eigenvalue weighted by Gasteiger charge is -2.06. The van der Waals surface area contributed by atoms with Crippen LogP contribution in [-0.2, 0) is 0 Å². The second kappa shape index (κ2) is 3.55. The summed E-state index contributed by atoms with van der Waals surface area (Å²) < 4.78 is 2.42. The molecule has 2 heterocycles. The summed E-state index contributed by atoms with van der Waals surface area (Å²) >= 11 is 3.33. The Balaban J connectivity index is 2.17. The fourth-order valence-electron chi connectivity index (χ4n) is 1.58. The summed E-state index contributed by atoms with van der Waals surface area (Å²) in [5.74, 6) is 0.727. The van der Waals surface area contributed by atoms with E-state index in [0.29, 0.717) is 22.0 Å². The van der Waals surface area contributed by atoms with Crippen molar-refractivity contribution < 1.29 is 4.79 Å². The normalized spacial score (nSPS) is 15.3. The highest BCUT2D eigenvalue weighted by molar-refractivity contribution is 9.10. The zero-order valence-corrected chi connectivity index (χ0v) is 9.94. The lowest BCUT2D eigenvalue weighted by molar-refractivity contribution is 0.111. The molecule has 82 valence electrons. The van der Waals surface area contributed by atoms with Crippen LogP contribution in [0.25, 0.3) is 5.65 Å². The van der Waals surface area contributed by atoms with Gasteiger partial charge in [-0.25, -0.2) is 9.97 Å². The predicted octanol–water partition coefficient (Wildman–Crippen LogP) is 1.88. The van der Waals surface area contributed by atoms with Gasteiger partial charge in [-0.2, -0.15) is 0 Å². The van der Waals surface area contributed by atoms with Gasteiger partial charge in [0.1, 0.15) is 10.3 Å². The number of halogens is 1. The van der Waals surface area contributed by atoms with Crippen molar-refractivity contribution in [3.8, 4) is 0 Å². The maximum Gasteiger partial charge on any atom is 0.180 e. The van der Waals surface area contributed by atoms with E-state index in [2.05, 4.69) is 31.2 Å². The van der Waals surface area contributed by atoms with E-state index in [9.17, 15) is 4.79 Å². The first-order chi connectivity index (χ1) is 7.78. The summed E-state index contributed by atoms with van der Waals surface area (Å²) in [6, 6.07) is 0.502. The van der Waals surface area contributed by atoms with Gasteiger partial charge >= 0.3 is 0 Å². The van der Waals surface area contributed by atoms with Gasteiger partial charge in [-0.3, -0.25) is 9.20 Å². The summed E-state index contributed by atoms with van der Waals surface area (Å²) in [6.45, 7) is 0. The molecular weight excluding hydrogens is 272 g/mol. The van der Waals surface area contributed by atoms with Gasteiger partial charge in [0.15, 0.2) is 17.8 Å². The van der Waals surface area contributed by atoms with Crippen LogP contribution < -0.4 is 5.32 Å². The predicted molar refractivity (Wildman–Crippen MR) is 62.7 cm³/mol. The van der Waals surface area contributed by atoms with E-state index < -0.39 is 0 Å². The average Bonchev–Trinajstić information content (AvgIpc) is 2.96. The number of hydrogen-bond acceptors (Lipinski definition) is 4. The van der Waals surface area contributed by atoms with Crippen LogP contribution in [0.5, 0.6) is 0 Å². The van der Waals surface area contributed by atoms with Crippen LogP contribution in [0.15, 0.2) is 17.0 Å². The van der Waals surface area contributed by atoms with Crippen molar-refractivity contribution in [2.24, 2.45) is 0 Å². The second-order valence-electron chi connectivity index (χ2n) is 3.83. The molecule has 0 spiro atoms. The van der Waals surface area contributed by atoms with Gasteiger partial charge in [0.05, 0.1) is 6.20 Å². The van der Waals surface area contributed by atoms with Crippen molar-refractivity contribution >= 4 is 33.7 Å². The van der Waals surface area contributed by atoms with E-state index in [1.165, 1.54) is 12.8 Å². The number of carbonyl (C=O) groups excluding carboxylic acids is 1. The number of fused-ring (bicyclic) bond motifs is 1. The number of aromatic nitrogens is 3. The Kier molecular flexibility index (Phi) is 2.17. The molecule has 1 fully saturated rings. The molecular formula is C10H9BrN4O. The monoisotopic (exact) mass is 280 g/mol. The summed E-state index contributed by atoms with van der Waals surface area (Å²) in [7, 11) is 0. The topological polar surface area (TPSA) is 59.3 Å². The van der Waals surface area contributed by atoms with Crippen molar-refractivity contribution in [3.05, 3.63) is 22.7 Å². The summed E-state index contributed by atoms with van der Waals surface area (Å²) in [6.07, 6.45) is 6.41. The minimum absolute atomic E-state index is 0.502. The van der Waals surface area contributed by atoms with Gasteiger partial charge < -0.3 is 5.32 Å². The van der Waals surface area contributed by atoms with E-state index in [0.717, 1.165) is 12.1 Å². The third kappa shape index (κ3) is 1.59. The molecule has 3 rings (SSSR count). The zero-order chi connectivity index (χ0) is 11.1. The highest BCUT2D eigenvalue weighted by Gasteiger charge is 2.23. The Morgan fingerprint density at radius 3 is 3.06 bits per heavy atom. The van der Waals surface area contributed by atoms with Crippen LogP contribution in [0.1, 0.15) is 23.3 Å². The number of carbonyl (C=O) groups is 1. The van der Waals surface area contributed by atoms with Crippen molar-refractivity contribution in [2.45, 2.75) is 18.9 Å². The smallest absolute Gasteiger partial charge is 0.180 e. The van der Waals surface area contributed by atoms with Crippen molar-refractivity contribution in [1.82, 2.24) is 14.4 Å². The number of rotatable bonds is 3. The largest absolute Gasteiger partial charge is 0.364 e. The molecule has 6 heteroatoms. The molecule has 0 atom stereocenters. The van der Waals surface area contributed by atoms with Gasteiger partial charge in [0.25, 0.3) is 0 Å². The van der Waals surface area contributed by atoms with Gasteiger partial charge in [-0.1, -0.05) is 0 Å². The van der Waals surface area contributed by atoms with Gasteiger partial charge in [-0.05, 0) is 28.8 Å². The van der Waals surface area contributed by atoms with E-state index in [-0.39, 0.29) is 0 Å². The van der Waals surface area contributed by atoms with Crippen LogP contribution in [-0.4, -0.2) is 26.7 Å². The molecule has 16 heavy (non-hydrogen) atoms. The first kappa shape index (κ1) is 9.77. The lowest BCUT2D eigenvalue weighted by Crippen LogP contribution is -2.06. The van der Waals surface area contributed by atoms with Crippen molar-refractivity contribution in [2.75, 3.05) is 5.32 Å². The number of imidazole rings is 1. The third-order valence-electron chi connectivity index (χ3n) is 2.53. The molecule has 1 aliphatic rings. The molecule has 1 N–H and O–H groups in total. The fraction of sp³-hybridized carbons (Fsp3) is 0.300. The molecule has 0 aromatic carbocycles. The van der Waals surface area contributed by atoms with Gasteiger partial charge in [0.2, 0.25) is 0 Å². The van der Waals surface area contributed by atoms with E-state index in [4.69, 9.17) is 0 Å². The van der Waals surface area contributed by atoms with Gasteiger partial charge in [-0.15, -0.1) is 0 Å². The van der Waals surface area contributed by atoms with Crippen LogP contribution in [0.4, 0.5) is 5.82 Å². The number of anilines is 1. The highest BCUT2D eigenvalue weighted by atomic mass is 79.9. The first-order valence-electron chi connectivity index (χ1n) is 5.03. The minimum atomic E-state index is 0.502. The second-order valence-corrected chi connectivity index (χ2v) is 4.64. The Hall–Kier alpha value is -1.43. The molecule has 5 nitrogen and oxygen atoms in total. The van der Waals surface area contributed by atoms with Crippen molar-refractivity contribution in [3.63, 3.8) is 0 Å². The fourth-order valence-corrected chi connectivity index (χ4v) is 1.96. The van der Waals surface area contributed by atoms with Crippen LogP contribution in [0.2, 0.25) is 0 Å². The SMILES string of the molecule is O=Cc1cnc2c(NC3CC3)nc(Br)cn12. The summed E-state index contributed by atoms with van der Waals surface area (Å²) in [5.41, 5.74) is 1.22. The van der Waals surface area contributed by atoms with E-state index >= 15 is 0 Å². The zero-order valence-electron chi connectivity index (χ0n) is 8.35. The third-order valence-corrected chi connectivity index (χ3v) is 2.91. The van der Waals surface area contributed by atoms with Crippen LogP contribution in [0.3, 0.4) is 0 Å². The minimum Gasteiger partial charge on any atom is -0.364 e. The van der Waals surface area contributed by atoms with E-state index in [1.54, 1.807) is 16.8 Å². The molecule has 0 saturated heterocycles. The summed E-state index contributed by atoms with van der Waals surface area (Å²) in [4.78, 5) is 19.4. The van der Waals surface area contributed by atoms with Crippen LogP contribution >= 0.6 is 15.9 Å². The molecule has 2 aromatic rings. The molecule has 0 unspecified atom stereocenters. The number of nitrogens with zero attached hydrogens (tertiary/aromatic N) is 3. The Bertz CT molecular complexity index is 561. The Morgan fingerprint density at radius 2 is 2.38 bits per heavy atom. The Morgan fingerprint density at radius 1 is 1.56 bits per heavy atom. The van der Waals surface area contributed by atoms with E-state index in [1.807, 2.05) is 0 Å². The molecule has 0 bridgehead atoms. The molecule has 1 saturated carbocycles. The number of aldehydes is 1. The molecule has 0 radical (unpaired) electrons. The van der Waals surface area contributed by atoms with Crippen LogP contribution in [0, 0.1) is 0 Å². The molecule has 1 aliphatic carbocycles. The number of hydrogen-bond donors (Lipinski definition) is 1. The highest BCUT2D eigenvalue weighted by Crippen LogP contribution is 2.26. The average molecular weight is 281 g/mol. The Labute approximate surface area is 100 Å². The maximum absolute atomic E-state index is 10.8. The number of nitrogens with one attached hydrogen (secondary N) is 1. The molecule has 0 amide bonds. The molecule has 0 aliphatic heterocycles. The van der Waals surface area contributed by atoms with Crippen molar-refractivity contribution in [1.29, 1.82) is 0 Å². The lowest BCUT2D eigenvalue weighted by atomic mass is 10.5. The molecule has 2 aromatic heterocycles.